The minimum Gasteiger partial charge on any atom is -0.261 e. The number of aromatic nitrogens is 6. The minimum atomic E-state index is -0.840. The average Bonchev–Trinajstić information content (AvgIpc) is 2.87. The molecule has 0 atom stereocenters. The third kappa shape index (κ3) is 1.28. The maximum atomic E-state index is 11.3. The van der Waals surface area contributed by atoms with Crippen LogP contribution in [0.4, 0.5) is 0 Å². The van der Waals surface area contributed by atoms with Crippen LogP contribution in [-0.2, 0) is 0 Å². The fourth-order valence-electron chi connectivity index (χ4n) is 0.822. The lowest BCUT2D eigenvalue weighted by atomic mass is 10.6. The van der Waals surface area contributed by atoms with Gasteiger partial charge >= 0.3 is 11.8 Å². The Morgan fingerprint density at radius 1 is 0.857 bits per heavy atom. The van der Waals surface area contributed by atoms with E-state index in [1.165, 1.54) is 0 Å². The third-order valence-electron chi connectivity index (χ3n) is 1.44. The van der Waals surface area contributed by atoms with Crippen molar-refractivity contribution in [1.29, 1.82) is 0 Å². The lowest BCUT2D eigenvalue weighted by Crippen LogP contribution is -2.28. The molecule has 0 bridgehead atoms. The van der Waals surface area contributed by atoms with Gasteiger partial charge in [-0.1, -0.05) is 0 Å². The van der Waals surface area contributed by atoms with E-state index in [1.54, 1.807) is 0 Å². The molecule has 0 aliphatic carbocycles. The summed E-state index contributed by atoms with van der Waals surface area (Å²) in [6, 6.07) is 0. The van der Waals surface area contributed by atoms with E-state index in [0.29, 0.717) is 0 Å². The lowest BCUT2D eigenvalue weighted by molar-refractivity contribution is 0.0696. The van der Waals surface area contributed by atoms with E-state index in [0.717, 1.165) is 34.7 Å². The van der Waals surface area contributed by atoms with Crippen LogP contribution in [0.3, 0.4) is 0 Å². The second-order valence-corrected chi connectivity index (χ2v) is 2.29. The molecule has 2 heterocycles. The molecule has 2 aromatic heterocycles. The second kappa shape index (κ2) is 3.17. The van der Waals surface area contributed by atoms with Gasteiger partial charge in [0.05, 0.1) is 0 Å². The summed E-state index contributed by atoms with van der Waals surface area (Å²) in [5, 5.41) is 7.04. The first-order chi connectivity index (χ1) is 6.79. The van der Waals surface area contributed by atoms with Crippen LogP contribution in [0.5, 0.6) is 0 Å². The summed E-state index contributed by atoms with van der Waals surface area (Å²) in [4.78, 5) is 29.7. The maximum absolute atomic E-state index is 11.3. The number of rotatable bonds is 0. The molecule has 14 heavy (non-hydrogen) atoms. The van der Waals surface area contributed by atoms with Crippen molar-refractivity contribution in [3.8, 4) is 0 Å². The number of hydrogen-bond acceptors (Lipinski definition) is 6. The van der Waals surface area contributed by atoms with Gasteiger partial charge in [0.15, 0.2) is 0 Å². The highest BCUT2D eigenvalue weighted by molar-refractivity contribution is 6.36. The zero-order chi connectivity index (χ0) is 9.97. The van der Waals surface area contributed by atoms with E-state index < -0.39 is 11.8 Å². The van der Waals surface area contributed by atoms with Gasteiger partial charge in [0.1, 0.15) is 25.3 Å². The fourth-order valence-corrected chi connectivity index (χ4v) is 0.822. The summed E-state index contributed by atoms with van der Waals surface area (Å²) < 4.78 is 1.65. The normalized spacial score (nSPS) is 10.0. The summed E-state index contributed by atoms with van der Waals surface area (Å²) in [7, 11) is 0. The van der Waals surface area contributed by atoms with Gasteiger partial charge in [0, 0.05) is 0 Å². The molecule has 0 saturated heterocycles. The predicted octanol–water partition coefficient (Wildman–Crippen LogP) is -1.15. The Balaban J connectivity index is 2.26. The van der Waals surface area contributed by atoms with E-state index in [9.17, 15) is 9.59 Å². The monoisotopic (exact) mass is 192 g/mol. The molecular formula is C6H4N6O2. The Morgan fingerprint density at radius 3 is 1.57 bits per heavy atom. The molecule has 2 aromatic rings. The van der Waals surface area contributed by atoms with Crippen LogP contribution in [0.1, 0.15) is 9.59 Å². The van der Waals surface area contributed by atoms with Crippen LogP contribution in [0.2, 0.25) is 0 Å². The maximum Gasteiger partial charge on any atom is 0.340 e. The molecule has 0 aliphatic rings. The predicted molar refractivity (Wildman–Crippen MR) is 41.3 cm³/mol. The number of carbonyl (C=O) groups is 2. The van der Waals surface area contributed by atoms with Crippen LogP contribution in [0.15, 0.2) is 25.3 Å². The largest absolute Gasteiger partial charge is 0.340 e. The summed E-state index contributed by atoms with van der Waals surface area (Å²) in [6.45, 7) is 0. The molecule has 2 rings (SSSR count). The molecule has 0 spiro atoms. The van der Waals surface area contributed by atoms with Gasteiger partial charge in [-0.05, 0) is 0 Å². The summed E-state index contributed by atoms with van der Waals surface area (Å²) in [5.74, 6) is -1.68. The first-order valence-electron chi connectivity index (χ1n) is 3.57. The van der Waals surface area contributed by atoms with Gasteiger partial charge < -0.3 is 0 Å². The van der Waals surface area contributed by atoms with Crippen molar-refractivity contribution < 1.29 is 9.59 Å². The first-order valence-corrected chi connectivity index (χ1v) is 3.57. The molecule has 0 saturated carbocycles. The van der Waals surface area contributed by atoms with Gasteiger partial charge in [-0.3, -0.25) is 9.59 Å². The van der Waals surface area contributed by atoms with Crippen molar-refractivity contribution in [3.63, 3.8) is 0 Å². The molecule has 0 N–H and O–H groups in total. The average molecular weight is 192 g/mol. The van der Waals surface area contributed by atoms with Crippen molar-refractivity contribution in [2.24, 2.45) is 0 Å². The quantitative estimate of drug-likeness (QED) is 0.489. The Labute approximate surface area is 77.2 Å². The highest BCUT2D eigenvalue weighted by atomic mass is 16.2. The van der Waals surface area contributed by atoms with Gasteiger partial charge in [-0.2, -0.15) is 19.6 Å². The molecular weight excluding hydrogens is 188 g/mol. The highest BCUT2D eigenvalue weighted by Crippen LogP contribution is 1.87. The number of hydrogen-bond donors (Lipinski definition) is 0. The molecule has 0 unspecified atom stereocenters. The van der Waals surface area contributed by atoms with E-state index in [-0.39, 0.29) is 0 Å². The van der Waals surface area contributed by atoms with E-state index in [1.807, 2.05) is 0 Å². The van der Waals surface area contributed by atoms with Crippen LogP contribution < -0.4 is 0 Å². The Morgan fingerprint density at radius 2 is 1.29 bits per heavy atom. The standard InChI is InChI=1S/C6H4N6O2/c13-5(11-3-7-1-9-11)6(14)12-4-8-2-10-12/h1-4H. The molecule has 0 amide bonds. The molecule has 8 heteroatoms. The third-order valence-corrected chi connectivity index (χ3v) is 1.44. The Kier molecular flexibility index (Phi) is 1.86. The molecule has 8 nitrogen and oxygen atoms in total. The Hall–Kier alpha value is -2.38. The van der Waals surface area contributed by atoms with Gasteiger partial charge in [0.2, 0.25) is 0 Å². The zero-order valence-corrected chi connectivity index (χ0v) is 6.81. The lowest BCUT2D eigenvalue weighted by Gasteiger charge is -1.96. The molecule has 0 aromatic carbocycles. The van der Waals surface area contributed by atoms with Crippen molar-refractivity contribution in [2.45, 2.75) is 0 Å². The van der Waals surface area contributed by atoms with Gasteiger partial charge in [-0.15, -0.1) is 0 Å². The smallest absolute Gasteiger partial charge is 0.261 e. The number of carbonyl (C=O) groups excluding carboxylic acids is 2. The fraction of sp³-hybridized carbons (Fsp3) is 0. The first kappa shape index (κ1) is 8.23. The zero-order valence-electron chi connectivity index (χ0n) is 6.81. The van der Waals surface area contributed by atoms with Crippen molar-refractivity contribution in [1.82, 2.24) is 29.5 Å². The summed E-state index contributed by atoms with van der Waals surface area (Å²) >= 11 is 0. The molecule has 0 aliphatic heterocycles. The topological polar surface area (TPSA) is 95.6 Å². The van der Waals surface area contributed by atoms with Crippen molar-refractivity contribution in [2.75, 3.05) is 0 Å². The van der Waals surface area contributed by atoms with Crippen LogP contribution >= 0.6 is 0 Å². The van der Waals surface area contributed by atoms with Crippen LogP contribution in [-0.4, -0.2) is 41.3 Å². The summed E-state index contributed by atoms with van der Waals surface area (Å²) in [5.41, 5.74) is 0. The second-order valence-electron chi connectivity index (χ2n) is 2.29. The van der Waals surface area contributed by atoms with E-state index in [2.05, 4.69) is 20.2 Å². The Bertz CT molecular complexity index is 400. The van der Waals surface area contributed by atoms with Crippen molar-refractivity contribution in [3.05, 3.63) is 25.3 Å². The van der Waals surface area contributed by atoms with E-state index >= 15 is 0 Å². The highest BCUT2D eigenvalue weighted by Gasteiger charge is 2.18. The molecule has 0 radical (unpaired) electrons. The molecule has 70 valence electrons. The van der Waals surface area contributed by atoms with Crippen LogP contribution in [0, 0.1) is 0 Å². The SMILES string of the molecule is O=C(C(=O)n1cncn1)n1cncn1. The van der Waals surface area contributed by atoms with Gasteiger partial charge in [-0.25, -0.2) is 9.97 Å². The summed E-state index contributed by atoms with van der Waals surface area (Å²) in [6.07, 6.45) is 4.59. The van der Waals surface area contributed by atoms with E-state index in [4.69, 9.17) is 0 Å². The van der Waals surface area contributed by atoms with Gasteiger partial charge in [0.25, 0.3) is 0 Å². The van der Waals surface area contributed by atoms with Crippen LogP contribution in [0.25, 0.3) is 0 Å². The molecule has 0 fully saturated rings. The van der Waals surface area contributed by atoms with Crippen molar-refractivity contribution >= 4 is 11.8 Å². The minimum absolute atomic E-state index is 0.823. The number of nitrogens with zero attached hydrogens (tertiary/aromatic N) is 6.